The van der Waals surface area contributed by atoms with Crippen LogP contribution in [0.25, 0.3) is 0 Å². The summed E-state index contributed by atoms with van der Waals surface area (Å²) in [4.78, 5) is 18.0. The molecule has 3 aromatic rings. The average molecular weight is 442 g/mol. The third kappa shape index (κ3) is 6.02. The van der Waals surface area contributed by atoms with Gasteiger partial charge in [-0.2, -0.15) is 0 Å². The smallest absolute Gasteiger partial charge is 0.317 e. The molecule has 0 aliphatic carbocycles. The van der Waals surface area contributed by atoms with Gasteiger partial charge in [0.2, 0.25) is 0 Å². The van der Waals surface area contributed by atoms with Crippen LogP contribution in [0.15, 0.2) is 78.9 Å². The summed E-state index contributed by atoms with van der Waals surface area (Å²) in [5.41, 5.74) is 5.78. The molecule has 0 saturated carbocycles. The number of nitrogens with one attached hydrogen (secondary N) is 1. The fourth-order valence-corrected chi connectivity index (χ4v) is 4.62. The lowest BCUT2D eigenvalue weighted by Gasteiger charge is -2.41. The number of anilines is 1. The fraction of sp³-hybridized carbons (Fsp3) is 0.345. The molecule has 1 fully saturated rings. The van der Waals surface area contributed by atoms with Crippen molar-refractivity contribution < 1.29 is 4.79 Å². The number of hydrogen-bond donors (Lipinski definition) is 1. The van der Waals surface area contributed by atoms with Crippen molar-refractivity contribution in [3.05, 3.63) is 101 Å². The van der Waals surface area contributed by atoms with Crippen molar-refractivity contribution >= 4 is 11.7 Å². The molecule has 1 aliphatic heterocycles. The standard InChI is InChI=1S/C29H35N3O/c1-22-9-13-25(14-10-22)21-32(29(33)30-27-15-11-23(2)12-16-27)28-17-19-31(20-18-28)24(3)26-7-5-4-6-8-26/h4-16,24,28H,17-21H2,1-3H3,(H,30,33). The number of aryl methyl sites for hydroxylation is 2. The van der Waals surface area contributed by atoms with E-state index in [1.54, 1.807) is 0 Å². The van der Waals surface area contributed by atoms with Gasteiger partial charge in [0.1, 0.15) is 0 Å². The second-order valence-corrected chi connectivity index (χ2v) is 9.26. The van der Waals surface area contributed by atoms with E-state index in [1.165, 1.54) is 22.3 Å². The number of rotatable bonds is 6. The number of carbonyl (C=O) groups is 1. The maximum absolute atomic E-state index is 13.4. The summed E-state index contributed by atoms with van der Waals surface area (Å²) in [5, 5.41) is 3.13. The highest BCUT2D eigenvalue weighted by Gasteiger charge is 2.30. The second-order valence-electron chi connectivity index (χ2n) is 9.26. The van der Waals surface area contributed by atoms with Gasteiger partial charge < -0.3 is 10.2 Å². The highest BCUT2D eigenvalue weighted by atomic mass is 16.2. The second kappa shape index (κ2) is 10.7. The predicted molar refractivity (Wildman–Crippen MR) is 136 cm³/mol. The summed E-state index contributed by atoms with van der Waals surface area (Å²) in [7, 11) is 0. The molecule has 0 radical (unpaired) electrons. The number of benzene rings is 3. The van der Waals surface area contributed by atoms with Crippen LogP contribution in [0.4, 0.5) is 10.5 Å². The first-order chi connectivity index (χ1) is 16.0. The molecule has 1 saturated heterocycles. The molecule has 0 aromatic heterocycles. The summed E-state index contributed by atoms with van der Waals surface area (Å²) in [6.07, 6.45) is 1.95. The molecule has 1 aliphatic rings. The van der Waals surface area contributed by atoms with E-state index >= 15 is 0 Å². The van der Waals surface area contributed by atoms with E-state index in [0.717, 1.165) is 31.6 Å². The van der Waals surface area contributed by atoms with Crippen molar-refractivity contribution in [1.82, 2.24) is 9.80 Å². The summed E-state index contributed by atoms with van der Waals surface area (Å²) >= 11 is 0. The summed E-state index contributed by atoms with van der Waals surface area (Å²) < 4.78 is 0. The van der Waals surface area contributed by atoms with Gasteiger partial charge in [0.05, 0.1) is 0 Å². The normalized spacial score (nSPS) is 15.7. The van der Waals surface area contributed by atoms with Gasteiger partial charge in [-0.1, -0.05) is 77.9 Å². The van der Waals surface area contributed by atoms with Crippen LogP contribution in [-0.2, 0) is 6.54 Å². The molecular formula is C29H35N3O. The minimum atomic E-state index is -0.0195. The number of amides is 2. The SMILES string of the molecule is Cc1ccc(CN(C(=O)Nc2ccc(C)cc2)C2CCN(C(C)c3ccccc3)CC2)cc1. The van der Waals surface area contributed by atoms with E-state index < -0.39 is 0 Å². The van der Waals surface area contributed by atoms with Crippen LogP contribution in [0.3, 0.4) is 0 Å². The van der Waals surface area contributed by atoms with Crippen molar-refractivity contribution in [2.24, 2.45) is 0 Å². The van der Waals surface area contributed by atoms with Gasteiger partial charge in [-0.25, -0.2) is 4.79 Å². The molecule has 0 bridgehead atoms. The van der Waals surface area contributed by atoms with Crippen LogP contribution in [0.2, 0.25) is 0 Å². The van der Waals surface area contributed by atoms with E-state index in [0.29, 0.717) is 12.6 Å². The van der Waals surface area contributed by atoms with Gasteiger partial charge in [0.25, 0.3) is 0 Å². The topological polar surface area (TPSA) is 35.6 Å². The number of nitrogens with zero attached hydrogens (tertiary/aromatic N) is 2. The Morgan fingerprint density at radius 1 is 0.909 bits per heavy atom. The van der Waals surface area contributed by atoms with Crippen LogP contribution < -0.4 is 5.32 Å². The Bertz CT molecular complexity index is 1020. The van der Waals surface area contributed by atoms with Gasteiger partial charge in [0, 0.05) is 37.4 Å². The number of hydrogen-bond acceptors (Lipinski definition) is 2. The Kier molecular flexibility index (Phi) is 7.46. The van der Waals surface area contributed by atoms with Crippen LogP contribution in [-0.4, -0.2) is 35.0 Å². The third-order valence-corrected chi connectivity index (χ3v) is 6.81. The van der Waals surface area contributed by atoms with Gasteiger partial charge in [-0.15, -0.1) is 0 Å². The van der Waals surface area contributed by atoms with Gasteiger partial charge in [-0.05, 0) is 56.9 Å². The maximum Gasteiger partial charge on any atom is 0.322 e. The summed E-state index contributed by atoms with van der Waals surface area (Å²) in [6.45, 7) is 9.03. The van der Waals surface area contributed by atoms with Crippen LogP contribution >= 0.6 is 0 Å². The lowest BCUT2D eigenvalue weighted by Crippen LogP contribution is -2.48. The molecule has 3 aromatic carbocycles. The Morgan fingerprint density at radius 2 is 1.48 bits per heavy atom. The van der Waals surface area contributed by atoms with Crippen LogP contribution in [0.1, 0.15) is 48.1 Å². The lowest BCUT2D eigenvalue weighted by atomic mass is 9.98. The Balaban J connectivity index is 1.46. The minimum Gasteiger partial charge on any atom is -0.317 e. The number of carbonyl (C=O) groups excluding carboxylic acids is 1. The van der Waals surface area contributed by atoms with Crippen LogP contribution in [0.5, 0.6) is 0 Å². The highest BCUT2D eigenvalue weighted by molar-refractivity contribution is 5.89. The van der Waals surface area contributed by atoms with E-state index in [2.05, 4.69) is 85.6 Å². The average Bonchev–Trinajstić information content (AvgIpc) is 2.85. The Hall–Kier alpha value is -3.11. The van der Waals surface area contributed by atoms with E-state index in [4.69, 9.17) is 0 Å². The number of urea groups is 1. The van der Waals surface area contributed by atoms with E-state index in [1.807, 2.05) is 29.2 Å². The number of likely N-dealkylation sites (tertiary alicyclic amines) is 1. The zero-order chi connectivity index (χ0) is 23.2. The first kappa shape index (κ1) is 23.1. The number of piperidine rings is 1. The molecule has 4 heteroatoms. The van der Waals surface area contributed by atoms with Crippen molar-refractivity contribution in [1.29, 1.82) is 0 Å². The van der Waals surface area contributed by atoms with Crippen molar-refractivity contribution in [2.45, 2.75) is 52.2 Å². The quantitative estimate of drug-likeness (QED) is 0.470. The van der Waals surface area contributed by atoms with Crippen molar-refractivity contribution in [2.75, 3.05) is 18.4 Å². The molecule has 1 heterocycles. The predicted octanol–water partition coefficient (Wildman–Crippen LogP) is 6.56. The molecule has 33 heavy (non-hydrogen) atoms. The zero-order valence-electron chi connectivity index (χ0n) is 20.0. The summed E-state index contributed by atoms with van der Waals surface area (Å²) in [5.74, 6) is 0. The molecule has 172 valence electrons. The first-order valence-corrected chi connectivity index (χ1v) is 12.0. The molecule has 1 unspecified atom stereocenters. The Labute approximate surface area is 198 Å². The maximum atomic E-state index is 13.4. The lowest BCUT2D eigenvalue weighted by molar-refractivity contribution is 0.102. The monoisotopic (exact) mass is 441 g/mol. The van der Waals surface area contributed by atoms with Crippen molar-refractivity contribution in [3.8, 4) is 0 Å². The van der Waals surface area contributed by atoms with Gasteiger partial charge in [0.15, 0.2) is 0 Å². The molecular weight excluding hydrogens is 406 g/mol. The van der Waals surface area contributed by atoms with Gasteiger partial charge >= 0.3 is 6.03 Å². The Morgan fingerprint density at radius 3 is 2.09 bits per heavy atom. The minimum absolute atomic E-state index is 0.0195. The molecule has 4 nitrogen and oxygen atoms in total. The van der Waals surface area contributed by atoms with Crippen LogP contribution in [0, 0.1) is 13.8 Å². The summed E-state index contributed by atoms with van der Waals surface area (Å²) in [6, 6.07) is 27.8. The van der Waals surface area contributed by atoms with E-state index in [9.17, 15) is 4.79 Å². The zero-order valence-corrected chi connectivity index (χ0v) is 20.0. The van der Waals surface area contributed by atoms with Gasteiger partial charge in [-0.3, -0.25) is 4.90 Å². The molecule has 4 rings (SSSR count). The third-order valence-electron chi connectivity index (χ3n) is 6.81. The molecule has 1 N–H and O–H groups in total. The fourth-order valence-electron chi connectivity index (χ4n) is 4.62. The first-order valence-electron chi connectivity index (χ1n) is 12.0. The molecule has 1 atom stereocenters. The van der Waals surface area contributed by atoms with Crippen molar-refractivity contribution in [3.63, 3.8) is 0 Å². The van der Waals surface area contributed by atoms with E-state index in [-0.39, 0.29) is 12.1 Å². The molecule has 2 amide bonds. The molecule has 0 spiro atoms. The largest absolute Gasteiger partial charge is 0.322 e. The highest BCUT2D eigenvalue weighted by Crippen LogP contribution is 2.27.